The molecule has 6 heteroatoms. The average molecular weight is 338 g/mol. The summed E-state index contributed by atoms with van der Waals surface area (Å²) in [4.78, 5) is 11.4. The van der Waals surface area contributed by atoms with Crippen LogP contribution in [-0.4, -0.2) is 26.6 Å². The predicted octanol–water partition coefficient (Wildman–Crippen LogP) is 3.97. The molecule has 25 heavy (non-hydrogen) atoms. The molecule has 2 aromatic heterocycles. The van der Waals surface area contributed by atoms with E-state index in [1.165, 1.54) is 6.07 Å². The molecule has 0 bridgehead atoms. The van der Waals surface area contributed by atoms with Crippen LogP contribution in [0.25, 0.3) is 10.9 Å². The molecule has 1 saturated carbocycles. The predicted molar refractivity (Wildman–Crippen MR) is 90.4 cm³/mol. The molecule has 0 spiro atoms. The van der Waals surface area contributed by atoms with Crippen LogP contribution in [0.1, 0.15) is 54.9 Å². The number of fused-ring (bicyclic) bond motifs is 1. The number of aromatic nitrogens is 3. The van der Waals surface area contributed by atoms with E-state index in [9.17, 15) is 4.39 Å². The Kier molecular flexibility index (Phi) is 3.52. The third-order valence-corrected chi connectivity index (χ3v) is 5.17. The van der Waals surface area contributed by atoms with Crippen molar-refractivity contribution in [2.45, 2.75) is 44.2 Å². The molecule has 0 N–H and O–H groups in total. The number of pyridine rings is 1. The van der Waals surface area contributed by atoms with Crippen molar-refractivity contribution in [1.29, 1.82) is 0 Å². The number of hydrogen-bond acceptors (Lipinski definition) is 5. The Morgan fingerprint density at radius 2 is 2.16 bits per heavy atom. The fraction of sp³-hybridized carbons (Fsp3) is 0.421. The maximum atomic E-state index is 14.0. The molecule has 5 rings (SSSR count). The van der Waals surface area contributed by atoms with Gasteiger partial charge in [-0.15, -0.1) is 0 Å². The van der Waals surface area contributed by atoms with Crippen molar-refractivity contribution in [1.82, 2.24) is 20.0 Å². The molecular formula is C19H19FN4O. The van der Waals surface area contributed by atoms with E-state index in [0.717, 1.165) is 60.4 Å². The van der Waals surface area contributed by atoms with Crippen LogP contribution < -0.4 is 0 Å². The van der Waals surface area contributed by atoms with Crippen LogP contribution in [-0.2, 0) is 6.54 Å². The maximum Gasteiger partial charge on any atom is 0.229 e. The topological polar surface area (TPSA) is 55.1 Å². The second-order valence-electron chi connectivity index (χ2n) is 7.03. The van der Waals surface area contributed by atoms with Gasteiger partial charge in [-0.05, 0) is 56.0 Å². The molecule has 128 valence electrons. The standard InChI is InChI=1S/C19H19FN4O/c20-15-9-13-3-1-7-21-17(13)14(10-15)11-24-8-2-4-16(24)18-22-19(25-23-18)12-5-6-12/h1,3,7,9-10,12,16H,2,4-6,8,11H2/t16-/m1/s1. The summed E-state index contributed by atoms with van der Waals surface area (Å²) in [6.45, 7) is 1.59. The second kappa shape index (κ2) is 5.88. The van der Waals surface area contributed by atoms with E-state index in [1.807, 2.05) is 12.1 Å². The van der Waals surface area contributed by atoms with Gasteiger partial charge in [-0.3, -0.25) is 9.88 Å². The van der Waals surface area contributed by atoms with Crippen LogP contribution in [0.2, 0.25) is 0 Å². The summed E-state index contributed by atoms with van der Waals surface area (Å²) in [6.07, 6.45) is 6.14. The first-order valence-corrected chi connectivity index (χ1v) is 8.88. The summed E-state index contributed by atoms with van der Waals surface area (Å²) in [7, 11) is 0. The maximum absolute atomic E-state index is 14.0. The Morgan fingerprint density at radius 3 is 3.04 bits per heavy atom. The fourth-order valence-electron chi connectivity index (χ4n) is 3.75. The van der Waals surface area contributed by atoms with Gasteiger partial charge in [-0.1, -0.05) is 11.2 Å². The van der Waals surface area contributed by atoms with Gasteiger partial charge in [0, 0.05) is 24.0 Å². The van der Waals surface area contributed by atoms with Crippen LogP contribution in [0.4, 0.5) is 4.39 Å². The lowest BCUT2D eigenvalue weighted by atomic mass is 10.1. The van der Waals surface area contributed by atoms with Crippen LogP contribution >= 0.6 is 0 Å². The van der Waals surface area contributed by atoms with Gasteiger partial charge in [0.25, 0.3) is 0 Å². The third kappa shape index (κ3) is 2.80. The summed E-state index contributed by atoms with van der Waals surface area (Å²) in [5, 5.41) is 5.05. The highest BCUT2D eigenvalue weighted by atomic mass is 19.1. The van der Waals surface area contributed by atoms with E-state index in [0.29, 0.717) is 12.5 Å². The first-order valence-electron chi connectivity index (χ1n) is 8.88. The Hall–Kier alpha value is -2.34. The number of nitrogens with zero attached hydrogens (tertiary/aromatic N) is 4. The first-order chi connectivity index (χ1) is 12.3. The smallest absolute Gasteiger partial charge is 0.229 e. The van der Waals surface area contributed by atoms with Crippen molar-refractivity contribution in [3.63, 3.8) is 0 Å². The van der Waals surface area contributed by atoms with Gasteiger partial charge in [0.1, 0.15) is 5.82 Å². The molecule has 1 aromatic carbocycles. The Balaban J connectivity index is 1.44. The van der Waals surface area contributed by atoms with Gasteiger partial charge >= 0.3 is 0 Å². The summed E-state index contributed by atoms with van der Waals surface area (Å²) in [5.74, 6) is 1.79. The van der Waals surface area contributed by atoms with Gasteiger partial charge in [0.05, 0.1) is 11.6 Å². The normalized spacial score (nSPS) is 21.2. The molecule has 0 unspecified atom stereocenters. The minimum atomic E-state index is -0.221. The SMILES string of the molecule is Fc1cc(CN2CCC[C@@H]2c2noc(C3CC3)n2)c2ncccc2c1. The van der Waals surface area contributed by atoms with Crippen molar-refractivity contribution in [3.05, 3.63) is 53.6 Å². The zero-order chi connectivity index (χ0) is 16.8. The van der Waals surface area contributed by atoms with E-state index in [1.54, 1.807) is 12.3 Å². The van der Waals surface area contributed by atoms with Crippen LogP contribution in [0, 0.1) is 5.82 Å². The van der Waals surface area contributed by atoms with Gasteiger partial charge in [-0.2, -0.15) is 4.98 Å². The molecule has 1 saturated heterocycles. The van der Waals surface area contributed by atoms with E-state index >= 15 is 0 Å². The second-order valence-corrected chi connectivity index (χ2v) is 7.03. The summed E-state index contributed by atoms with van der Waals surface area (Å²) in [6, 6.07) is 7.00. The number of likely N-dealkylation sites (tertiary alicyclic amines) is 1. The highest BCUT2D eigenvalue weighted by Gasteiger charge is 2.34. The molecule has 5 nitrogen and oxygen atoms in total. The lowest BCUT2D eigenvalue weighted by Crippen LogP contribution is -2.24. The van der Waals surface area contributed by atoms with E-state index in [-0.39, 0.29) is 11.9 Å². The number of halogens is 1. The van der Waals surface area contributed by atoms with Gasteiger partial charge < -0.3 is 4.52 Å². The van der Waals surface area contributed by atoms with Gasteiger partial charge in [0.2, 0.25) is 5.89 Å². The zero-order valence-corrected chi connectivity index (χ0v) is 13.9. The molecule has 2 aliphatic rings. The minimum Gasteiger partial charge on any atom is -0.339 e. The Morgan fingerprint density at radius 1 is 1.24 bits per heavy atom. The van der Waals surface area contributed by atoms with Crippen LogP contribution in [0.3, 0.4) is 0 Å². The van der Waals surface area contributed by atoms with E-state index in [2.05, 4.69) is 20.0 Å². The van der Waals surface area contributed by atoms with E-state index < -0.39 is 0 Å². The van der Waals surface area contributed by atoms with Gasteiger partial charge in [-0.25, -0.2) is 4.39 Å². The van der Waals surface area contributed by atoms with Crippen molar-refractivity contribution < 1.29 is 8.91 Å². The molecular weight excluding hydrogens is 319 g/mol. The number of hydrogen-bond donors (Lipinski definition) is 0. The van der Waals surface area contributed by atoms with E-state index in [4.69, 9.17) is 4.52 Å². The van der Waals surface area contributed by atoms with Crippen molar-refractivity contribution >= 4 is 10.9 Å². The number of rotatable bonds is 4. The molecule has 2 fully saturated rings. The molecule has 1 aliphatic carbocycles. The molecule has 1 aliphatic heterocycles. The quantitative estimate of drug-likeness (QED) is 0.720. The minimum absolute atomic E-state index is 0.137. The highest BCUT2D eigenvalue weighted by Crippen LogP contribution is 2.40. The van der Waals surface area contributed by atoms with Crippen molar-refractivity contribution in [2.75, 3.05) is 6.54 Å². The lowest BCUT2D eigenvalue weighted by molar-refractivity contribution is 0.234. The van der Waals surface area contributed by atoms with Gasteiger partial charge in [0.15, 0.2) is 5.82 Å². The Labute approximate surface area is 144 Å². The van der Waals surface area contributed by atoms with Crippen LogP contribution in [0.15, 0.2) is 35.0 Å². The fourth-order valence-corrected chi connectivity index (χ4v) is 3.75. The van der Waals surface area contributed by atoms with Crippen LogP contribution in [0.5, 0.6) is 0 Å². The monoisotopic (exact) mass is 338 g/mol. The first kappa shape index (κ1) is 15.0. The summed E-state index contributed by atoms with van der Waals surface area (Å²) in [5.41, 5.74) is 1.77. The largest absolute Gasteiger partial charge is 0.339 e. The Bertz CT molecular complexity index is 921. The molecule has 3 aromatic rings. The molecule has 3 heterocycles. The van der Waals surface area contributed by atoms with Crippen molar-refractivity contribution in [2.24, 2.45) is 0 Å². The lowest BCUT2D eigenvalue weighted by Gasteiger charge is -2.22. The average Bonchev–Trinajstić information content (AvgIpc) is 3.16. The molecule has 1 atom stereocenters. The highest BCUT2D eigenvalue weighted by molar-refractivity contribution is 5.81. The molecule has 0 amide bonds. The van der Waals surface area contributed by atoms with Crippen molar-refractivity contribution in [3.8, 4) is 0 Å². The number of benzene rings is 1. The summed E-state index contributed by atoms with van der Waals surface area (Å²) >= 11 is 0. The zero-order valence-electron chi connectivity index (χ0n) is 13.9. The molecule has 0 radical (unpaired) electrons. The summed E-state index contributed by atoms with van der Waals surface area (Å²) < 4.78 is 19.4. The third-order valence-electron chi connectivity index (χ3n) is 5.17.